The van der Waals surface area contributed by atoms with Crippen molar-refractivity contribution in [1.82, 2.24) is 0 Å². The molecular weight excluding hydrogens is 511 g/mol. The van der Waals surface area contributed by atoms with Crippen LogP contribution in [0.1, 0.15) is 5.56 Å². The maximum atomic E-state index is 13.6. The Kier molecular flexibility index (Phi) is 6.71. The second-order valence-corrected chi connectivity index (χ2v) is 5.97. The van der Waals surface area contributed by atoms with Gasteiger partial charge in [-0.3, -0.25) is 0 Å². The molecule has 1 aromatic rings. The van der Waals surface area contributed by atoms with Gasteiger partial charge in [-0.1, -0.05) is 0 Å². The smallest absolute Gasteiger partial charge is 0.422 e. The Morgan fingerprint density at radius 1 is 0.636 bits per heavy atom. The summed E-state index contributed by atoms with van der Waals surface area (Å²) in [6.07, 6.45) is -7.72. The fourth-order valence-corrected chi connectivity index (χ4v) is 1.86. The van der Waals surface area contributed by atoms with Crippen molar-refractivity contribution in [2.75, 3.05) is 0 Å². The third kappa shape index (κ3) is 4.01. The van der Waals surface area contributed by atoms with Crippen LogP contribution in [0.4, 0.5) is 65.9 Å². The molecule has 33 heavy (non-hydrogen) atoms. The predicted octanol–water partition coefficient (Wildman–Crippen LogP) is 5.84. The molecule has 0 fully saturated rings. The van der Waals surface area contributed by atoms with Crippen LogP contribution in [0.25, 0.3) is 0 Å². The second-order valence-electron chi connectivity index (χ2n) is 5.97. The number of carbonyl (C=O) groups is 1. The molecule has 0 aliphatic heterocycles. The van der Waals surface area contributed by atoms with E-state index in [0.717, 1.165) is 0 Å². The summed E-state index contributed by atoms with van der Waals surface area (Å²) in [4.78, 5) is 11.2. The van der Waals surface area contributed by atoms with Crippen molar-refractivity contribution in [3.63, 3.8) is 0 Å². The van der Waals surface area contributed by atoms with Gasteiger partial charge in [-0.05, 0) is 24.3 Å². The number of nitrogens with zero attached hydrogens (tertiary/aromatic N) is 1. The minimum Gasteiger partial charge on any atom is -0.422 e. The maximum absolute atomic E-state index is 13.6. The molecular formula is C15H4F15NO2. The van der Waals surface area contributed by atoms with Crippen molar-refractivity contribution >= 4 is 5.97 Å². The Hall–Kier alpha value is -2.87. The fraction of sp³-hybridized carbons (Fsp3) is 0.467. The summed E-state index contributed by atoms with van der Waals surface area (Å²) in [7, 11) is 0. The zero-order valence-electron chi connectivity index (χ0n) is 14.7. The van der Waals surface area contributed by atoms with Gasteiger partial charge in [0.1, 0.15) is 5.75 Å². The van der Waals surface area contributed by atoms with Crippen LogP contribution in [0.3, 0.4) is 0 Å². The molecule has 0 unspecified atom stereocenters. The number of esters is 1. The molecule has 18 heteroatoms. The van der Waals surface area contributed by atoms with Crippen LogP contribution in [0.15, 0.2) is 24.3 Å². The van der Waals surface area contributed by atoms with E-state index in [1.54, 1.807) is 0 Å². The van der Waals surface area contributed by atoms with Gasteiger partial charge in [0.25, 0.3) is 0 Å². The lowest BCUT2D eigenvalue weighted by molar-refractivity contribution is -0.450. The highest BCUT2D eigenvalue weighted by Gasteiger charge is 2.94. The molecule has 0 amide bonds. The summed E-state index contributed by atoms with van der Waals surface area (Å²) in [5.74, 6) is -53.6. The number of benzene rings is 1. The number of hydrogen-bond donors (Lipinski definition) is 0. The second kappa shape index (κ2) is 7.87. The Labute approximate surface area is 171 Å². The first kappa shape index (κ1) is 28.2. The number of rotatable bonds is 7. The normalized spacial score (nSPS) is 14.6. The molecule has 1 rings (SSSR count). The number of ether oxygens (including phenoxy) is 1. The average molecular weight is 515 g/mol. The van der Waals surface area contributed by atoms with Gasteiger partial charge < -0.3 is 4.74 Å². The van der Waals surface area contributed by atoms with Gasteiger partial charge in [-0.2, -0.15) is 71.1 Å². The highest BCUT2D eigenvalue weighted by atomic mass is 19.4. The van der Waals surface area contributed by atoms with Gasteiger partial charge in [0.2, 0.25) is 0 Å². The van der Waals surface area contributed by atoms with Gasteiger partial charge in [0.15, 0.2) is 0 Å². The number of alkyl halides is 15. The SMILES string of the molecule is N#Cc1ccc(OC(=O)C(F)(F)C(F)(F)C(F)(F)C(F)(F)C(F)(F)C(F)(F)C(F)(F)F)cc1. The highest BCUT2D eigenvalue weighted by Crippen LogP contribution is 2.62. The Morgan fingerprint density at radius 2 is 1.00 bits per heavy atom. The maximum Gasteiger partial charge on any atom is 0.460 e. The Bertz CT molecular complexity index is 928. The van der Waals surface area contributed by atoms with Gasteiger partial charge in [0, 0.05) is 0 Å². The van der Waals surface area contributed by atoms with Crippen molar-refractivity contribution in [1.29, 1.82) is 5.26 Å². The lowest BCUT2D eigenvalue weighted by Crippen LogP contribution is -2.73. The molecule has 0 aliphatic rings. The Morgan fingerprint density at radius 3 is 1.36 bits per heavy atom. The van der Waals surface area contributed by atoms with Gasteiger partial charge >= 0.3 is 47.7 Å². The van der Waals surface area contributed by atoms with Crippen molar-refractivity contribution in [3.8, 4) is 11.8 Å². The van der Waals surface area contributed by atoms with E-state index in [-0.39, 0.29) is 5.56 Å². The molecule has 0 N–H and O–H groups in total. The molecule has 0 spiro atoms. The standard InChI is InChI=1S/C15H4F15NO2/c16-9(17,8(32)33-7-3-1-6(5-31)2-4-7)10(18,19)11(20,21)12(22,23)13(24,25)14(26,27)15(28,29)30/h1-4H. The van der Waals surface area contributed by atoms with Crippen LogP contribution in [-0.4, -0.2) is 47.7 Å². The lowest BCUT2D eigenvalue weighted by atomic mass is 9.91. The van der Waals surface area contributed by atoms with E-state index in [9.17, 15) is 70.7 Å². The molecule has 1 aromatic carbocycles. The summed E-state index contributed by atoms with van der Waals surface area (Å²) in [6.45, 7) is 0. The van der Waals surface area contributed by atoms with Crippen LogP contribution in [0, 0.1) is 11.3 Å². The van der Waals surface area contributed by atoms with Gasteiger partial charge in [-0.15, -0.1) is 0 Å². The van der Waals surface area contributed by atoms with E-state index in [2.05, 4.69) is 4.74 Å². The predicted molar refractivity (Wildman–Crippen MR) is 72.5 cm³/mol. The molecule has 3 nitrogen and oxygen atoms in total. The van der Waals surface area contributed by atoms with E-state index in [1.165, 1.54) is 6.07 Å². The molecule has 0 heterocycles. The largest absolute Gasteiger partial charge is 0.460 e. The molecule has 0 atom stereocenters. The first-order valence-corrected chi connectivity index (χ1v) is 7.49. The molecule has 0 aromatic heterocycles. The first-order valence-electron chi connectivity index (χ1n) is 7.49. The number of halogens is 15. The number of nitriles is 1. The van der Waals surface area contributed by atoms with E-state index < -0.39 is 53.4 Å². The summed E-state index contributed by atoms with van der Waals surface area (Å²) >= 11 is 0. The molecule has 0 bridgehead atoms. The van der Waals surface area contributed by atoms with E-state index >= 15 is 0 Å². The van der Waals surface area contributed by atoms with Crippen LogP contribution in [0.5, 0.6) is 5.75 Å². The number of hydrogen-bond acceptors (Lipinski definition) is 3. The lowest BCUT2D eigenvalue weighted by Gasteiger charge is -2.40. The summed E-state index contributed by atoms with van der Waals surface area (Å²) in [5, 5.41) is 8.47. The highest BCUT2D eigenvalue weighted by molar-refractivity contribution is 5.81. The van der Waals surface area contributed by atoms with Crippen LogP contribution in [-0.2, 0) is 4.79 Å². The van der Waals surface area contributed by atoms with Crippen molar-refractivity contribution < 1.29 is 75.4 Å². The minimum absolute atomic E-state index is 0.258. The molecule has 0 radical (unpaired) electrons. The third-order valence-electron chi connectivity index (χ3n) is 3.78. The van der Waals surface area contributed by atoms with Crippen molar-refractivity contribution in [2.45, 2.75) is 41.7 Å². The quantitative estimate of drug-likeness (QED) is 0.261. The van der Waals surface area contributed by atoms with E-state index in [4.69, 9.17) is 5.26 Å². The average Bonchev–Trinajstić information content (AvgIpc) is 2.66. The summed E-state index contributed by atoms with van der Waals surface area (Å²) in [5.41, 5.74) is -0.258. The zero-order chi connectivity index (χ0) is 26.5. The van der Waals surface area contributed by atoms with Crippen LogP contribution in [0.2, 0.25) is 0 Å². The van der Waals surface area contributed by atoms with Crippen LogP contribution >= 0.6 is 0 Å². The van der Waals surface area contributed by atoms with Gasteiger partial charge in [0.05, 0.1) is 11.6 Å². The van der Waals surface area contributed by atoms with Crippen molar-refractivity contribution in [3.05, 3.63) is 29.8 Å². The molecule has 0 saturated heterocycles. The fourth-order valence-electron chi connectivity index (χ4n) is 1.86. The van der Waals surface area contributed by atoms with Gasteiger partial charge in [-0.25, -0.2) is 4.79 Å². The zero-order valence-corrected chi connectivity index (χ0v) is 14.7. The minimum atomic E-state index is -8.50. The monoisotopic (exact) mass is 515 g/mol. The molecule has 0 aliphatic carbocycles. The van der Waals surface area contributed by atoms with E-state index in [1.807, 2.05) is 0 Å². The van der Waals surface area contributed by atoms with Crippen LogP contribution < -0.4 is 4.74 Å². The number of carbonyl (C=O) groups excluding carboxylic acids is 1. The van der Waals surface area contributed by atoms with E-state index in [0.29, 0.717) is 24.3 Å². The summed E-state index contributed by atoms with van der Waals surface area (Å²) in [6, 6.07) is 3.65. The first-order chi connectivity index (χ1) is 14.4. The summed E-state index contributed by atoms with van der Waals surface area (Å²) < 4.78 is 199. The third-order valence-corrected chi connectivity index (χ3v) is 3.78. The molecule has 0 saturated carbocycles. The van der Waals surface area contributed by atoms with Crippen molar-refractivity contribution in [2.24, 2.45) is 0 Å². The topological polar surface area (TPSA) is 50.1 Å². The molecule has 186 valence electrons. The Balaban J connectivity index is 3.46.